The standard InChI is InChI=1S/C7H8N4S/c1-5-6(3-4-8)10-11-7(9-5)12-2/h3H2,1-2H3. The molecule has 0 amide bonds. The fourth-order valence-electron chi connectivity index (χ4n) is 0.730. The first kappa shape index (κ1) is 8.94. The Labute approximate surface area is 75.0 Å². The second kappa shape index (κ2) is 4.02. The molecule has 1 aromatic rings. The summed E-state index contributed by atoms with van der Waals surface area (Å²) >= 11 is 1.44. The van der Waals surface area contributed by atoms with Crippen LogP contribution in [0.5, 0.6) is 0 Å². The molecular formula is C7H8N4S. The Morgan fingerprint density at radius 2 is 2.25 bits per heavy atom. The predicted octanol–water partition coefficient (Wildman–Crippen LogP) is 0.968. The van der Waals surface area contributed by atoms with Gasteiger partial charge in [-0.2, -0.15) is 5.26 Å². The van der Waals surface area contributed by atoms with E-state index in [9.17, 15) is 0 Å². The summed E-state index contributed by atoms with van der Waals surface area (Å²) in [5.74, 6) is 0. The molecule has 0 aromatic carbocycles. The molecule has 0 aliphatic carbocycles. The number of nitriles is 1. The van der Waals surface area contributed by atoms with E-state index in [2.05, 4.69) is 15.2 Å². The second-order valence-corrected chi connectivity index (χ2v) is 2.94. The van der Waals surface area contributed by atoms with Crippen LogP contribution in [0.1, 0.15) is 11.4 Å². The van der Waals surface area contributed by atoms with Gasteiger partial charge in [-0.05, 0) is 13.2 Å². The van der Waals surface area contributed by atoms with E-state index in [4.69, 9.17) is 5.26 Å². The van der Waals surface area contributed by atoms with Gasteiger partial charge in [-0.3, -0.25) is 0 Å². The van der Waals surface area contributed by atoms with Gasteiger partial charge in [-0.25, -0.2) is 4.98 Å². The summed E-state index contributed by atoms with van der Waals surface area (Å²) in [5.41, 5.74) is 1.45. The molecule has 0 fully saturated rings. The topological polar surface area (TPSA) is 62.5 Å². The van der Waals surface area contributed by atoms with Gasteiger partial charge in [0.2, 0.25) is 5.16 Å². The van der Waals surface area contributed by atoms with Crippen LogP contribution < -0.4 is 0 Å². The average Bonchev–Trinajstić information content (AvgIpc) is 2.09. The van der Waals surface area contributed by atoms with E-state index < -0.39 is 0 Å². The van der Waals surface area contributed by atoms with Gasteiger partial charge in [-0.15, -0.1) is 10.2 Å². The molecule has 62 valence electrons. The summed E-state index contributed by atoms with van der Waals surface area (Å²) in [6, 6.07) is 2.01. The number of nitrogens with zero attached hydrogens (tertiary/aromatic N) is 4. The van der Waals surface area contributed by atoms with Gasteiger partial charge in [0.25, 0.3) is 0 Å². The zero-order chi connectivity index (χ0) is 8.97. The molecule has 1 heterocycles. The molecule has 5 heteroatoms. The third-order valence-corrected chi connectivity index (χ3v) is 1.90. The van der Waals surface area contributed by atoms with Crippen LogP contribution in [0.4, 0.5) is 0 Å². The normalized spacial score (nSPS) is 9.42. The lowest BCUT2D eigenvalue weighted by Gasteiger charge is -1.98. The van der Waals surface area contributed by atoms with Gasteiger partial charge in [0, 0.05) is 0 Å². The first-order valence-electron chi connectivity index (χ1n) is 3.39. The van der Waals surface area contributed by atoms with Crippen molar-refractivity contribution in [2.45, 2.75) is 18.5 Å². The Morgan fingerprint density at radius 1 is 1.50 bits per heavy atom. The van der Waals surface area contributed by atoms with Crippen molar-refractivity contribution in [1.29, 1.82) is 5.26 Å². The van der Waals surface area contributed by atoms with E-state index >= 15 is 0 Å². The van der Waals surface area contributed by atoms with Crippen molar-refractivity contribution in [2.24, 2.45) is 0 Å². The molecule has 0 N–H and O–H groups in total. The van der Waals surface area contributed by atoms with Crippen LogP contribution >= 0.6 is 11.8 Å². The van der Waals surface area contributed by atoms with Gasteiger partial charge in [-0.1, -0.05) is 11.8 Å². The summed E-state index contributed by atoms with van der Waals surface area (Å²) < 4.78 is 0. The molecule has 0 spiro atoms. The number of rotatable bonds is 2. The maximum atomic E-state index is 8.42. The highest BCUT2D eigenvalue weighted by Crippen LogP contribution is 2.08. The zero-order valence-corrected chi connectivity index (χ0v) is 7.72. The predicted molar refractivity (Wildman–Crippen MR) is 45.7 cm³/mol. The Bertz CT molecular complexity index is 318. The zero-order valence-electron chi connectivity index (χ0n) is 6.90. The van der Waals surface area contributed by atoms with E-state index in [1.807, 2.05) is 19.2 Å². The van der Waals surface area contributed by atoms with Crippen LogP contribution in [0.3, 0.4) is 0 Å². The molecule has 0 atom stereocenters. The maximum Gasteiger partial charge on any atom is 0.209 e. The molecule has 12 heavy (non-hydrogen) atoms. The van der Waals surface area contributed by atoms with Gasteiger partial charge in [0.15, 0.2) is 0 Å². The smallest absolute Gasteiger partial charge is 0.209 e. The molecular weight excluding hydrogens is 172 g/mol. The largest absolute Gasteiger partial charge is 0.225 e. The van der Waals surface area contributed by atoms with Crippen molar-refractivity contribution in [1.82, 2.24) is 15.2 Å². The van der Waals surface area contributed by atoms with Crippen LogP contribution in [0.2, 0.25) is 0 Å². The first-order chi connectivity index (χ1) is 5.77. The van der Waals surface area contributed by atoms with Crippen molar-refractivity contribution in [3.8, 4) is 6.07 Å². The van der Waals surface area contributed by atoms with Gasteiger partial charge in [0.1, 0.15) is 0 Å². The van der Waals surface area contributed by atoms with Gasteiger partial charge < -0.3 is 0 Å². The Morgan fingerprint density at radius 3 is 2.75 bits per heavy atom. The lowest BCUT2D eigenvalue weighted by molar-refractivity contribution is 0.778. The maximum absolute atomic E-state index is 8.42. The van der Waals surface area contributed by atoms with E-state index in [-0.39, 0.29) is 6.42 Å². The van der Waals surface area contributed by atoms with Crippen LogP contribution in [0.15, 0.2) is 5.16 Å². The minimum atomic E-state index is 0.278. The summed E-state index contributed by atoms with van der Waals surface area (Å²) in [6.45, 7) is 1.83. The van der Waals surface area contributed by atoms with Crippen molar-refractivity contribution >= 4 is 11.8 Å². The van der Waals surface area contributed by atoms with Crippen molar-refractivity contribution < 1.29 is 0 Å². The number of aryl methyl sites for hydroxylation is 1. The van der Waals surface area contributed by atoms with Crippen LogP contribution in [0.25, 0.3) is 0 Å². The van der Waals surface area contributed by atoms with Crippen LogP contribution in [0, 0.1) is 18.3 Å². The Balaban J connectivity index is 2.97. The monoisotopic (exact) mass is 180 g/mol. The Hall–Kier alpha value is -1.15. The van der Waals surface area contributed by atoms with E-state index in [1.54, 1.807) is 0 Å². The number of thioether (sulfide) groups is 1. The van der Waals surface area contributed by atoms with Crippen LogP contribution in [-0.2, 0) is 6.42 Å². The first-order valence-corrected chi connectivity index (χ1v) is 4.61. The Kier molecular flexibility index (Phi) is 3.00. The molecule has 0 unspecified atom stereocenters. The highest BCUT2D eigenvalue weighted by molar-refractivity contribution is 7.98. The average molecular weight is 180 g/mol. The summed E-state index contributed by atoms with van der Waals surface area (Å²) in [7, 11) is 0. The van der Waals surface area contributed by atoms with Crippen molar-refractivity contribution in [3.05, 3.63) is 11.4 Å². The van der Waals surface area contributed by atoms with Gasteiger partial charge in [0.05, 0.1) is 23.9 Å². The molecule has 0 aliphatic rings. The SMILES string of the molecule is CSc1nnc(CC#N)c(C)n1. The van der Waals surface area contributed by atoms with Crippen molar-refractivity contribution in [2.75, 3.05) is 6.26 Å². The fourth-order valence-corrected chi connectivity index (χ4v) is 1.08. The molecule has 0 radical (unpaired) electrons. The minimum absolute atomic E-state index is 0.278. The summed E-state index contributed by atoms with van der Waals surface area (Å²) in [6.07, 6.45) is 2.17. The molecule has 0 saturated carbocycles. The number of aromatic nitrogens is 3. The molecule has 0 saturated heterocycles. The highest BCUT2D eigenvalue weighted by Gasteiger charge is 2.02. The lowest BCUT2D eigenvalue weighted by Crippen LogP contribution is -2.00. The number of hydrogen-bond acceptors (Lipinski definition) is 5. The molecule has 1 rings (SSSR count). The van der Waals surface area contributed by atoms with Gasteiger partial charge >= 0.3 is 0 Å². The second-order valence-electron chi connectivity index (χ2n) is 2.17. The fraction of sp³-hybridized carbons (Fsp3) is 0.429. The van der Waals surface area contributed by atoms with Crippen molar-refractivity contribution in [3.63, 3.8) is 0 Å². The highest BCUT2D eigenvalue weighted by atomic mass is 32.2. The van der Waals surface area contributed by atoms with E-state index in [0.717, 1.165) is 5.69 Å². The third-order valence-electron chi connectivity index (χ3n) is 1.37. The minimum Gasteiger partial charge on any atom is -0.225 e. The molecule has 4 nitrogen and oxygen atoms in total. The molecule has 1 aromatic heterocycles. The summed E-state index contributed by atoms with van der Waals surface area (Å²) in [4.78, 5) is 4.15. The third kappa shape index (κ3) is 1.92. The van der Waals surface area contributed by atoms with Crippen LogP contribution in [-0.4, -0.2) is 21.4 Å². The summed E-state index contributed by atoms with van der Waals surface area (Å²) in [5, 5.41) is 16.8. The van der Waals surface area contributed by atoms with E-state index in [0.29, 0.717) is 10.9 Å². The molecule has 0 aliphatic heterocycles. The quantitative estimate of drug-likeness (QED) is 0.634. The molecule has 0 bridgehead atoms. The number of hydrogen-bond donors (Lipinski definition) is 0. The lowest BCUT2D eigenvalue weighted by atomic mass is 10.3. The van der Waals surface area contributed by atoms with E-state index in [1.165, 1.54) is 11.8 Å².